The first-order chi connectivity index (χ1) is 12.0. The summed E-state index contributed by atoms with van der Waals surface area (Å²) in [6, 6.07) is 5.45. The van der Waals surface area contributed by atoms with E-state index in [9.17, 15) is 4.79 Å². The van der Waals surface area contributed by atoms with E-state index in [4.69, 9.17) is 23.2 Å². The number of amides is 1. The van der Waals surface area contributed by atoms with E-state index in [1.54, 1.807) is 29.7 Å². The summed E-state index contributed by atoms with van der Waals surface area (Å²) in [4.78, 5) is 21.6. The van der Waals surface area contributed by atoms with Crippen molar-refractivity contribution >= 4 is 68.7 Å². The van der Waals surface area contributed by atoms with Crippen molar-refractivity contribution in [2.24, 2.45) is 0 Å². The van der Waals surface area contributed by atoms with E-state index in [1.807, 2.05) is 18.4 Å². The van der Waals surface area contributed by atoms with Gasteiger partial charge in [0.2, 0.25) is 5.91 Å². The summed E-state index contributed by atoms with van der Waals surface area (Å²) in [6.45, 7) is 1.96. The van der Waals surface area contributed by atoms with Crippen molar-refractivity contribution in [2.45, 2.75) is 17.7 Å². The minimum atomic E-state index is -0.0905. The molecule has 2 heterocycles. The van der Waals surface area contributed by atoms with Crippen LogP contribution in [0.4, 0.5) is 5.13 Å². The third-order valence-electron chi connectivity index (χ3n) is 3.24. The number of nitrogens with zero attached hydrogens (tertiary/aromatic N) is 2. The van der Waals surface area contributed by atoms with Crippen LogP contribution in [0.25, 0.3) is 0 Å². The lowest BCUT2D eigenvalue weighted by atomic mass is 10.1. The Hall–Kier alpha value is -1.12. The van der Waals surface area contributed by atoms with E-state index >= 15 is 0 Å². The Balaban J connectivity index is 1.62. The zero-order valence-electron chi connectivity index (χ0n) is 13.1. The number of thioether (sulfide) groups is 1. The van der Waals surface area contributed by atoms with Crippen LogP contribution >= 0.6 is 57.6 Å². The fourth-order valence-electron chi connectivity index (χ4n) is 2.05. The average Bonchev–Trinajstić information content (AvgIpc) is 3.19. The summed E-state index contributed by atoms with van der Waals surface area (Å²) in [5.74, 6) is 0.205. The number of thiazole rings is 2. The summed E-state index contributed by atoms with van der Waals surface area (Å²) in [5, 5.41) is 6.54. The van der Waals surface area contributed by atoms with E-state index < -0.39 is 0 Å². The number of benzene rings is 1. The van der Waals surface area contributed by atoms with Crippen molar-refractivity contribution in [3.05, 3.63) is 56.0 Å². The number of halogens is 2. The van der Waals surface area contributed by atoms with Crippen LogP contribution in [0.2, 0.25) is 10.0 Å². The number of hydrogen-bond donors (Lipinski definition) is 1. The molecule has 0 saturated heterocycles. The zero-order chi connectivity index (χ0) is 17.8. The van der Waals surface area contributed by atoms with E-state index in [-0.39, 0.29) is 5.91 Å². The van der Waals surface area contributed by atoms with Gasteiger partial charge in [-0.1, -0.05) is 35.0 Å². The molecule has 0 atom stereocenters. The molecule has 0 saturated carbocycles. The summed E-state index contributed by atoms with van der Waals surface area (Å²) in [7, 11) is 0. The van der Waals surface area contributed by atoms with Gasteiger partial charge >= 0.3 is 0 Å². The molecule has 0 aliphatic carbocycles. The van der Waals surface area contributed by atoms with Gasteiger partial charge in [0.1, 0.15) is 0 Å². The second kappa shape index (κ2) is 8.51. The van der Waals surface area contributed by atoms with Crippen LogP contribution in [0.15, 0.2) is 34.1 Å². The van der Waals surface area contributed by atoms with Gasteiger partial charge in [0.15, 0.2) is 9.47 Å². The monoisotopic (exact) mass is 429 g/mol. The molecule has 25 heavy (non-hydrogen) atoms. The highest BCUT2D eigenvalue weighted by molar-refractivity contribution is 8.01. The lowest BCUT2D eigenvalue weighted by Crippen LogP contribution is -2.13. The third kappa shape index (κ3) is 5.18. The van der Waals surface area contributed by atoms with E-state index in [2.05, 4.69) is 15.3 Å². The first-order valence-electron chi connectivity index (χ1n) is 7.23. The lowest BCUT2D eigenvalue weighted by molar-refractivity contribution is -0.113. The smallest absolute Gasteiger partial charge is 0.236 e. The van der Waals surface area contributed by atoms with Gasteiger partial charge in [-0.25, -0.2) is 9.97 Å². The molecule has 4 nitrogen and oxygen atoms in total. The summed E-state index contributed by atoms with van der Waals surface area (Å²) in [6.07, 6.45) is 2.33. The fraction of sp³-hybridized carbons (Fsp3) is 0.188. The van der Waals surface area contributed by atoms with E-state index in [0.717, 1.165) is 20.5 Å². The fourth-order valence-corrected chi connectivity index (χ4v) is 5.03. The van der Waals surface area contributed by atoms with Gasteiger partial charge in [-0.2, -0.15) is 0 Å². The molecule has 1 amide bonds. The molecule has 0 radical (unpaired) electrons. The van der Waals surface area contributed by atoms with Crippen molar-refractivity contribution in [3.8, 4) is 0 Å². The molecule has 2 aromatic heterocycles. The maximum absolute atomic E-state index is 11.9. The van der Waals surface area contributed by atoms with E-state index in [1.165, 1.54) is 23.1 Å². The van der Waals surface area contributed by atoms with Crippen LogP contribution in [0.1, 0.15) is 16.1 Å². The van der Waals surface area contributed by atoms with Gasteiger partial charge in [0.25, 0.3) is 0 Å². The number of aryl methyl sites for hydroxylation is 1. The molecule has 0 aliphatic heterocycles. The number of hydrogen-bond acceptors (Lipinski definition) is 6. The van der Waals surface area contributed by atoms with E-state index in [0.29, 0.717) is 27.4 Å². The van der Waals surface area contributed by atoms with Crippen molar-refractivity contribution in [1.82, 2.24) is 9.97 Å². The number of carbonyl (C=O) groups excluding carboxylic acids is 1. The maximum Gasteiger partial charge on any atom is 0.236 e. The Bertz CT molecular complexity index is 881. The molecular weight excluding hydrogens is 417 g/mol. The molecule has 0 unspecified atom stereocenters. The lowest BCUT2D eigenvalue weighted by Gasteiger charge is -2.03. The largest absolute Gasteiger partial charge is 0.301 e. The quantitative estimate of drug-likeness (QED) is 0.522. The molecule has 3 rings (SSSR count). The van der Waals surface area contributed by atoms with Crippen molar-refractivity contribution in [2.75, 3.05) is 11.1 Å². The summed E-state index contributed by atoms with van der Waals surface area (Å²) >= 11 is 16.7. The molecule has 0 fully saturated rings. The highest BCUT2D eigenvalue weighted by Gasteiger charge is 2.13. The summed E-state index contributed by atoms with van der Waals surface area (Å²) in [5.41, 5.74) is 1.92. The van der Waals surface area contributed by atoms with Crippen molar-refractivity contribution in [3.63, 3.8) is 0 Å². The van der Waals surface area contributed by atoms with Crippen LogP contribution in [-0.4, -0.2) is 21.6 Å². The summed E-state index contributed by atoms with van der Waals surface area (Å²) < 4.78 is 0.861. The molecular formula is C16H13Cl2N3OS3. The molecule has 0 bridgehead atoms. The van der Waals surface area contributed by atoms with Gasteiger partial charge in [-0.3, -0.25) is 4.79 Å². The molecule has 1 aromatic carbocycles. The number of anilines is 1. The Morgan fingerprint density at radius 1 is 1.36 bits per heavy atom. The van der Waals surface area contributed by atoms with Gasteiger partial charge in [-0.15, -0.1) is 22.7 Å². The van der Waals surface area contributed by atoms with Crippen LogP contribution < -0.4 is 5.32 Å². The standard InChI is InChI=1S/C16H13Cl2N3OS3/c1-9-13(7-10-6-11(17)2-3-12(10)18)25-16(20-9)24-8-14(22)21-15-19-4-5-23-15/h2-6H,7-8H2,1H3,(H,19,21,22). The Morgan fingerprint density at radius 3 is 2.96 bits per heavy atom. The van der Waals surface area contributed by atoms with Gasteiger partial charge in [0.05, 0.1) is 11.4 Å². The topological polar surface area (TPSA) is 54.9 Å². The first-order valence-corrected chi connectivity index (χ1v) is 10.7. The minimum Gasteiger partial charge on any atom is -0.301 e. The molecule has 3 aromatic rings. The van der Waals surface area contributed by atoms with Crippen LogP contribution in [0.3, 0.4) is 0 Å². The normalized spacial score (nSPS) is 10.8. The van der Waals surface area contributed by atoms with Gasteiger partial charge in [-0.05, 0) is 30.7 Å². The number of carbonyl (C=O) groups is 1. The van der Waals surface area contributed by atoms with Crippen molar-refractivity contribution in [1.29, 1.82) is 0 Å². The van der Waals surface area contributed by atoms with Crippen LogP contribution in [0.5, 0.6) is 0 Å². The number of aromatic nitrogens is 2. The van der Waals surface area contributed by atoms with Crippen LogP contribution in [0, 0.1) is 6.92 Å². The van der Waals surface area contributed by atoms with Crippen LogP contribution in [-0.2, 0) is 11.2 Å². The second-order valence-electron chi connectivity index (χ2n) is 5.07. The molecule has 0 spiro atoms. The minimum absolute atomic E-state index is 0.0905. The predicted molar refractivity (Wildman–Crippen MR) is 108 cm³/mol. The third-order valence-corrected chi connectivity index (χ3v) is 6.83. The Morgan fingerprint density at radius 2 is 2.20 bits per heavy atom. The Kier molecular flexibility index (Phi) is 6.35. The van der Waals surface area contributed by atoms with Gasteiger partial charge < -0.3 is 5.32 Å². The average molecular weight is 430 g/mol. The number of rotatable bonds is 6. The maximum atomic E-state index is 11.9. The van der Waals surface area contributed by atoms with Crippen molar-refractivity contribution < 1.29 is 4.79 Å². The molecule has 130 valence electrons. The molecule has 1 N–H and O–H groups in total. The zero-order valence-corrected chi connectivity index (χ0v) is 17.0. The second-order valence-corrected chi connectivity index (χ2v) is 9.12. The Labute approximate surface area is 167 Å². The highest BCUT2D eigenvalue weighted by atomic mass is 35.5. The molecule has 0 aliphatic rings. The van der Waals surface area contributed by atoms with Gasteiger partial charge in [0, 0.05) is 32.9 Å². The first kappa shape index (κ1) is 18.7. The number of nitrogens with one attached hydrogen (secondary N) is 1. The molecule has 9 heteroatoms. The predicted octanol–water partition coefficient (Wildman–Crippen LogP) is 5.54. The SMILES string of the molecule is Cc1nc(SCC(=O)Nc2nccs2)sc1Cc1cc(Cl)ccc1Cl. The highest BCUT2D eigenvalue weighted by Crippen LogP contribution is 2.31.